The summed E-state index contributed by atoms with van der Waals surface area (Å²) in [6.45, 7) is 11.8. The molecule has 0 saturated carbocycles. The number of nitrogens with one attached hydrogen (secondary N) is 1. The Balaban J connectivity index is 1.32. The zero-order chi connectivity index (χ0) is 23.7. The van der Waals surface area contributed by atoms with E-state index < -0.39 is 5.60 Å². The standard InChI is InChI=1S/C28H38N2O3/c1-22(21-32-26-11-6-5-7-12-26)29-25-15-13-23(14-16-25)9-8-10-24-17-19-30(20-18-24)27(31)33-28(2,3)4/h5-7,11-16,24,29H,1,8-10,17-21H2,2-4H3. The van der Waals surface area contributed by atoms with Gasteiger partial charge in [-0.3, -0.25) is 0 Å². The SMILES string of the molecule is C=C(COc1ccccc1)Nc1ccc(CCCC2CCN(C(=O)OC(C)(C)C)CC2)cc1. The number of nitrogens with zero attached hydrogens (tertiary/aromatic N) is 1. The van der Waals surface area contributed by atoms with Crippen LogP contribution in [0.1, 0.15) is 52.0 Å². The average Bonchev–Trinajstić information content (AvgIpc) is 2.79. The molecule has 1 heterocycles. The highest BCUT2D eigenvalue weighted by Gasteiger charge is 2.26. The normalized spacial score (nSPS) is 14.6. The van der Waals surface area contributed by atoms with Crippen LogP contribution in [0, 0.1) is 5.92 Å². The molecular weight excluding hydrogens is 412 g/mol. The Labute approximate surface area is 198 Å². The predicted octanol–water partition coefficient (Wildman–Crippen LogP) is 6.66. The summed E-state index contributed by atoms with van der Waals surface area (Å²) in [6.07, 6.45) is 5.40. The van der Waals surface area contributed by atoms with Crippen LogP contribution in [0.4, 0.5) is 10.5 Å². The van der Waals surface area contributed by atoms with Gasteiger partial charge in [-0.25, -0.2) is 4.79 Å². The van der Waals surface area contributed by atoms with Crippen molar-refractivity contribution in [3.05, 3.63) is 72.4 Å². The molecule has 0 aliphatic carbocycles. The highest BCUT2D eigenvalue weighted by molar-refractivity contribution is 5.68. The van der Waals surface area contributed by atoms with Crippen LogP contribution in [0.3, 0.4) is 0 Å². The summed E-state index contributed by atoms with van der Waals surface area (Å²) in [5.74, 6) is 1.53. The first kappa shape index (κ1) is 24.7. The minimum Gasteiger partial charge on any atom is -0.487 e. The lowest BCUT2D eigenvalue weighted by Crippen LogP contribution is -2.41. The summed E-state index contributed by atoms with van der Waals surface area (Å²) in [4.78, 5) is 14.1. The van der Waals surface area contributed by atoms with Crippen LogP contribution in [0.15, 0.2) is 66.9 Å². The number of benzene rings is 2. The van der Waals surface area contributed by atoms with Crippen molar-refractivity contribution in [1.29, 1.82) is 0 Å². The summed E-state index contributed by atoms with van der Waals surface area (Å²) < 4.78 is 11.2. The van der Waals surface area contributed by atoms with E-state index in [4.69, 9.17) is 9.47 Å². The molecule has 0 bridgehead atoms. The van der Waals surface area contributed by atoms with Crippen molar-refractivity contribution in [3.8, 4) is 5.75 Å². The lowest BCUT2D eigenvalue weighted by atomic mass is 9.91. The molecule has 0 aromatic heterocycles. The molecule has 1 aliphatic rings. The number of carbonyl (C=O) groups is 1. The van der Waals surface area contributed by atoms with Gasteiger partial charge >= 0.3 is 6.09 Å². The first-order chi connectivity index (χ1) is 15.8. The highest BCUT2D eigenvalue weighted by atomic mass is 16.6. The maximum atomic E-state index is 12.2. The van der Waals surface area contributed by atoms with Crippen molar-refractivity contribution in [2.75, 3.05) is 25.0 Å². The third-order valence-corrected chi connectivity index (χ3v) is 5.78. The predicted molar refractivity (Wildman–Crippen MR) is 135 cm³/mol. The summed E-state index contributed by atoms with van der Waals surface area (Å²) in [5.41, 5.74) is 2.76. The number of ether oxygens (including phenoxy) is 2. The van der Waals surface area contributed by atoms with E-state index in [0.29, 0.717) is 12.5 Å². The van der Waals surface area contributed by atoms with Gasteiger partial charge in [-0.05, 0) is 88.6 Å². The fraction of sp³-hybridized carbons (Fsp3) is 0.464. The van der Waals surface area contributed by atoms with Gasteiger partial charge in [-0.2, -0.15) is 0 Å². The van der Waals surface area contributed by atoms with Crippen molar-refractivity contribution in [2.45, 2.75) is 58.5 Å². The van der Waals surface area contributed by atoms with Crippen LogP contribution >= 0.6 is 0 Å². The maximum absolute atomic E-state index is 12.2. The largest absolute Gasteiger partial charge is 0.487 e. The number of hydrogen-bond acceptors (Lipinski definition) is 4. The minimum atomic E-state index is -0.428. The van der Waals surface area contributed by atoms with Crippen LogP contribution in [-0.2, 0) is 11.2 Å². The molecule has 1 N–H and O–H groups in total. The van der Waals surface area contributed by atoms with E-state index in [0.717, 1.165) is 49.5 Å². The Bertz CT molecular complexity index is 880. The molecule has 1 aliphatic heterocycles. The molecule has 1 amide bonds. The smallest absolute Gasteiger partial charge is 0.410 e. The van der Waals surface area contributed by atoms with Crippen LogP contribution in [0.25, 0.3) is 0 Å². The monoisotopic (exact) mass is 450 g/mol. The van der Waals surface area contributed by atoms with E-state index in [1.807, 2.05) is 56.0 Å². The lowest BCUT2D eigenvalue weighted by molar-refractivity contribution is 0.0180. The molecule has 1 fully saturated rings. The second kappa shape index (κ2) is 11.8. The van der Waals surface area contributed by atoms with E-state index in [2.05, 4.69) is 36.2 Å². The van der Waals surface area contributed by atoms with E-state index >= 15 is 0 Å². The van der Waals surface area contributed by atoms with E-state index in [1.54, 1.807) is 0 Å². The molecule has 0 unspecified atom stereocenters. The van der Waals surface area contributed by atoms with Crippen molar-refractivity contribution >= 4 is 11.8 Å². The van der Waals surface area contributed by atoms with Gasteiger partial charge in [0.2, 0.25) is 0 Å². The van der Waals surface area contributed by atoms with Gasteiger partial charge in [0.25, 0.3) is 0 Å². The second-order valence-corrected chi connectivity index (χ2v) is 9.83. The number of aryl methyl sites for hydroxylation is 1. The van der Waals surface area contributed by atoms with Gasteiger partial charge in [-0.15, -0.1) is 0 Å². The van der Waals surface area contributed by atoms with E-state index in [-0.39, 0.29) is 6.09 Å². The molecule has 0 radical (unpaired) electrons. The average molecular weight is 451 g/mol. The molecule has 3 rings (SSSR count). The number of rotatable bonds is 9. The maximum Gasteiger partial charge on any atom is 0.410 e. The number of likely N-dealkylation sites (tertiary alicyclic amines) is 1. The zero-order valence-corrected chi connectivity index (χ0v) is 20.3. The summed E-state index contributed by atoms with van der Waals surface area (Å²) >= 11 is 0. The van der Waals surface area contributed by atoms with Crippen molar-refractivity contribution in [3.63, 3.8) is 0 Å². The van der Waals surface area contributed by atoms with Crippen molar-refractivity contribution < 1.29 is 14.3 Å². The quantitative estimate of drug-likeness (QED) is 0.464. The van der Waals surface area contributed by atoms with Crippen molar-refractivity contribution in [2.24, 2.45) is 5.92 Å². The Morgan fingerprint density at radius 3 is 2.36 bits per heavy atom. The van der Waals surface area contributed by atoms with Gasteiger partial charge in [0.05, 0.1) is 0 Å². The fourth-order valence-electron chi connectivity index (χ4n) is 4.01. The molecular formula is C28H38N2O3. The van der Waals surface area contributed by atoms with Gasteiger partial charge in [-0.1, -0.05) is 36.9 Å². The molecule has 0 atom stereocenters. The number of hydrogen-bond donors (Lipinski definition) is 1. The third-order valence-electron chi connectivity index (χ3n) is 5.78. The summed E-state index contributed by atoms with van der Waals surface area (Å²) in [5, 5.41) is 3.31. The Kier molecular flexibility index (Phi) is 8.81. The Hall–Kier alpha value is -2.95. The van der Waals surface area contributed by atoms with Crippen LogP contribution in [-0.4, -0.2) is 36.3 Å². The molecule has 5 heteroatoms. The van der Waals surface area contributed by atoms with E-state index in [1.165, 1.54) is 18.4 Å². The summed E-state index contributed by atoms with van der Waals surface area (Å²) in [6, 6.07) is 18.3. The number of piperidine rings is 1. The minimum absolute atomic E-state index is 0.177. The lowest BCUT2D eigenvalue weighted by Gasteiger charge is -2.33. The second-order valence-electron chi connectivity index (χ2n) is 9.83. The fourth-order valence-corrected chi connectivity index (χ4v) is 4.01. The van der Waals surface area contributed by atoms with Crippen LogP contribution in [0.5, 0.6) is 5.75 Å². The first-order valence-corrected chi connectivity index (χ1v) is 12.0. The topological polar surface area (TPSA) is 50.8 Å². The number of amides is 1. The molecule has 33 heavy (non-hydrogen) atoms. The molecule has 5 nitrogen and oxygen atoms in total. The van der Waals surface area contributed by atoms with Crippen LogP contribution < -0.4 is 10.1 Å². The molecule has 1 saturated heterocycles. The van der Waals surface area contributed by atoms with E-state index in [9.17, 15) is 4.79 Å². The molecule has 178 valence electrons. The number of anilines is 1. The summed E-state index contributed by atoms with van der Waals surface area (Å²) in [7, 11) is 0. The zero-order valence-electron chi connectivity index (χ0n) is 20.3. The first-order valence-electron chi connectivity index (χ1n) is 12.0. The third kappa shape index (κ3) is 8.83. The molecule has 0 spiro atoms. The van der Waals surface area contributed by atoms with Gasteiger partial charge in [0.1, 0.15) is 18.0 Å². The van der Waals surface area contributed by atoms with Crippen LogP contribution in [0.2, 0.25) is 0 Å². The number of carbonyl (C=O) groups excluding carboxylic acids is 1. The van der Waals surface area contributed by atoms with Crippen molar-refractivity contribution in [1.82, 2.24) is 4.90 Å². The van der Waals surface area contributed by atoms with Gasteiger partial charge < -0.3 is 19.7 Å². The molecule has 2 aromatic rings. The number of para-hydroxylation sites is 1. The van der Waals surface area contributed by atoms with Gasteiger partial charge in [0, 0.05) is 24.5 Å². The Morgan fingerprint density at radius 1 is 1.06 bits per heavy atom. The van der Waals surface area contributed by atoms with Gasteiger partial charge in [0.15, 0.2) is 0 Å². The molecule has 2 aromatic carbocycles. The highest BCUT2D eigenvalue weighted by Crippen LogP contribution is 2.24. The Morgan fingerprint density at radius 2 is 1.73 bits per heavy atom.